The van der Waals surface area contributed by atoms with Gasteiger partial charge in [0.1, 0.15) is 11.6 Å². The molecule has 1 N–H and O–H groups in total. The highest BCUT2D eigenvalue weighted by atomic mass is 16.2. The van der Waals surface area contributed by atoms with Gasteiger partial charge in [-0.1, -0.05) is 6.92 Å². The highest BCUT2D eigenvalue weighted by Crippen LogP contribution is 2.29. The molecule has 2 aliphatic rings. The Morgan fingerprint density at radius 3 is 2.67 bits per heavy atom. The molecule has 2 amide bonds. The summed E-state index contributed by atoms with van der Waals surface area (Å²) in [6, 6.07) is 0. The number of ketones is 2. The Balaban J connectivity index is 1.97. The molecule has 5 heteroatoms. The van der Waals surface area contributed by atoms with Crippen LogP contribution in [-0.4, -0.2) is 23.4 Å². The minimum atomic E-state index is -0.574. The summed E-state index contributed by atoms with van der Waals surface area (Å²) in [4.78, 5) is 46.2. The average molecular weight is 251 g/mol. The second-order valence-electron chi connectivity index (χ2n) is 5.38. The fourth-order valence-electron chi connectivity index (χ4n) is 2.68. The van der Waals surface area contributed by atoms with Gasteiger partial charge in [0, 0.05) is 19.3 Å². The predicted molar refractivity (Wildman–Crippen MR) is 62.4 cm³/mol. The Morgan fingerprint density at radius 2 is 2.06 bits per heavy atom. The second kappa shape index (κ2) is 5.00. The molecule has 1 saturated carbocycles. The van der Waals surface area contributed by atoms with Crippen LogP contribution in [0.25, 0.3) is 0 Å². The Hall–Kier alpha value is -1.52. The van der Waals surface area contributed by atoms with Gasteiger partial charge in [0.05, 0.1) is 11.8 Å². The van der Waals surface area contributed by atoms with Crippen molar-refractivity contribution < 1.29 is 19.2 Å². The number of carbonyl (C=O) groups excluding carboxylic acids is 4. The second-order valence-corrected chi connectivity index (χ2v) is 5.38. The van der Waals surface area contributed by atoms with Crippen LogP contribution in [0.4, 0.5) is 0 Å². The highest BCUT2D eigenvalue weighted by molar-refractivity contribution is 6.08. The van der Waals surface area contributed by atoms with Crippen molar-refractivity contribution in [1.29, 1.82) is 0 Å². The van der Waals surface area contributed by atoms with Crippen molar-refractivity contribution in [3.63, 3.8) is 0 Å². The number of amides is 2. The molecule has 0 aromatic rings. The summed E-state index contributed by atoms with van der Waals surface area (Å²) >= 11 is 0. The van der Waals surface area contributed by atoms with Gasteiger partial charge in [0.25, 0.3) is 0 Å². The van der Waals surface area contributed by atoms with E-state index in [1.807, 2.05) is 6.92 Å². The van der Waals surface area contributed by atoms with E-state index in [0.717, 1.165) is 6.42 Å². The molecule has 2 rings (SSSR count). The van der Waals surface area contributed by atoms with Crippen LogP contribution in [0.5, 0.6) is 0 Å². The predicted octanol–water partition coefficient (Wildman–Crippen LogP) is 0.614. The van der Waals surface area contributed by atoms with Crippen LogP contribution in [0.3, 0.4) is 0 Å². The summed E-state index contributed by atoms with van der Waals surface area (Å²) in [6.07, 6.45) is 1.96. The third-order valence-electron chi connectivity index (χ3n) is 3.81. The van der Waals surface area contributed by atoms with Crippen LogP contribution >= 0.6 is 0 Å². The van der Waals surface area contributed by atoms with Gasteiger partial charge < -0.3 is 0 Å². The van der Waals surface area contributed by atoms with Gasteiger partial charge in [-0.2, -0.15) is 0 Å². The first-order valence-corrected chi connectivity index (χ1v) is 6.36. The van der Waals surface area contributed by atoms with E-state index in [9.17, 15) is 19.2 Å². The zero-order valence-electron chi connectivity index (χ0n) is 10.4. The third kappa shape index (κ3) is 2.66. The maximum atomic E-state index is 12.1. The topological polar surface area (TPSA) is 80.3 Å². The van der Waals surface area contributed by atoms with Gasteiger partial charge in [-0.25, -0.2) is 0 Å². The van der Waals surface area contributed by atoms with Gasteiger partial charge in [-0.05, 0) is 18.8 Å². The lowest BCUT2D eigenvalue weighted by Crippen LogP contribution is -2.32. The number of nitrogens with one attached hydrogen (secondary N) is 1. The van der Waals surface area contributed by atoms with Crippen molar-refractivity contribution in [3.05, 3.63) is 0 Å². The van der Waals surface area contributed by atoms with E-state index in [-0.39, 0.29) is 36.2 Å². The molecular formula is C13H17NO4. The molecule has 1 aliphatic heterocycles. The smallest absolute Gasteiger partial charge is 0.230 e. The van der Waals surface area contributed by atoms with Crippen molar-refractivity contribution in [3.8, 4) is 0 Å². The largest absolute Gasteiger partial charge is 0.299 e. The molecular weight excluding hydrogens is 234 g/mol. The molecule has 0 aromatic carbocycles. The maximum Gasteiger partial charge on any atom is 0.230 e. The zero-order valence-corrected chi connectivity index (χ0v) is 10.4. The standard InChI is InChI=1S/C13H17NO4/c1-7-2-3-10(15)9(4-7)11(16)5-8-6-12(17)14-13(8)18/h7-9H,2-6H2,1H3,(H,14,17,18)/t7-,8+,9-/m0/s1. The summed E-state index contributed by atoms with van der Waals surface area (Å²) in [5.41, 5.74) is 0. The fourth-order valence-corrected chi connectivity index (χ4v) is 2.68. The van der Waals surface area contributed by atoms with Gasteiger partial charge in [-0.3, -0.25) is 24.5 Å². The van der Waals surface area contributed by atoms with Crippen LogP contribution in [0.2, 0.25) is 0 Å². The molecule has 1 aliphatic carbocycles. The zero-order chi connectivity index (χ0) is 13.3. The van der Waals surface area contributed by atoms with E-state index in [1.54, 1.807) is 0 Å². The van der Waals surface area contributed by atoms with Gasteiger partial charge in [0.15, 0.2) is 0 Å². The van der Waals surface area contributed by atoms with E-state index >= 15 is 0 Å². The first kappa shape index (κ1) is 12.9. The fraction of sp³-hybridized carbons (Fsp3) is 0.692. The molecule has 0 bridgehead atoms. The van der Waals surface area contributed by atoms with Crippen molar-refractivity contribution >= 4 is 23.4 Å². The first-order valence-electron chi connectivity index (χ1n) is 6.36. The van der Waals surface area contributed by atoms with E-state index in [2.05, 4.69) is 5.32 Å². The van der Waals surface area contributed by atoms with E-state index in [0.29, 0.717) is 18.8 Å². The Labute approximate surface area is 105 Å². The van der Waals surface area contributed by atoms with Crippen LogP contribution in [-0.2, 0) is 19.2 Å². The van der Waals surface area contributed by atoms with Gasteiger partial charge in [-0.15, -0.1) is 0 Å². The van der Waals surface area contributed by atoms with Crippen LogP contribution in [0, 0.1) is 17.8 Å². The van der Waals surface area contributed by atoms with Crippen LogP contribution in [0.15, 0.2) is 0 Å². The molecule has 98 valence electrons. The molecule has 0 aromatic heterocycles. The molecule has 0 spiro atoms. The summed E-state index contributed by atoms with van der Waals surface area (Å²) in [5.74, 6) is -1.67. The SMILES string of the molecule is C[C@H]1CCC(=O)[C@@H](C(=O)C[C@@H]2CC(=O)NC2=O)C1. The number of Topliss-reactive ketones (excluding diaryl/α,β-unsaturated/α-hetero) is 2. The minimum Gasteiger partial charge on any atom is -0.299 e. The number of rotatable bonds is 3. The van der Waals surface area contributed by atoms with Crippen molar-refractivity contribution in [1.82, 2.24) is 5.32 Å². The normalized spacial score (nSPS) is 32.5. The number of imide groups is 1. The monoisotopic (exact) mass is 251 g/mol. The molecule has 0 unspecified atom stereocenters. The number of carbonyl (C=O) groups is 4. The van der Waals surface area contributed by atoms with E-state index < -0.39 is 11.8 Å². The lowest BCUT2D eigenvalue weighted by Gasteiger charge is -2.24. The summed E-state index contributed by atoms with van der Waals surface area (Å²) in [6.45, 7) is 2.03. The molecule has 0 radical (unpaired) electrons. The van der Waals surface area contributed by atoms with Crippen LogP contribution in [0.1, 0.15) is 39.0 Å². The molecule has 1 heterocycles. The highest BCUT2D eigenvalue weighted by Gasteiger charge is 2.37. The van der Waals surface area contributed by atoms with Gasteiger partial charge >= 0.3 is 0 Å². The summed E-state index contributed by atoms with van der Waals surface area (Å²) in [5, 5.41) is 2.18. The van der Waals surface area contributed by atoms with E-state index in [4.69, 9.17) is 0 Å². The third-order valence-corrected chi connectivity index (χ3v) is 3.81. The number of hydrogen-bond acceptors (Lipinski definition) is 4. The van der Waals surface area contributed by atoms with Crippen molar-refractivity contribution in [2.45, 2.75) is 39.0 Å². The summed E-state index contributed by atoms with van der Waals surface area (Å²) < 4.78 is 0. The quantitative estimate of drug-likeness (QED) is 0.588. The lowest BCUT2D eigenvalue weighted by molar-refractivity contribution is -0.137. The molecule has 2 fully saturated rings. The Kier molecular flexibility index (Phi) is 3.59. The van der Waals surface area contributed by atoms with Gasteiger partial charge in [0.2, 0.25) is 11.8 Å². The number of hydrogen-bond donors (Lipinski definition) is 1. The summed E-state index contributed by atoms with van der Waals surface area (Å²) in [7, 11) is 0. The molecule has 3 atom stereocenters. The lowest BCUT2D eigenvalue weighted by atomic mass is 9.77. The molecule has 1 saturated heterocycles. The molecule has 18 heavy (non-hydrogen) atoms. The first-order chi connectivity index (χ1) is 8.47. The van der Waals surface area contributed by atoms with Crippen molar-refractivity contribution in [2.24, 2.45) is 17.8 Å². The maximum absolute atomic E-state index is 12.1. The minimum absolute atomic E-state index is 0.0113. The average Bonchev–Trinajstić information content (AvgIpc) is 2.61. The van der Waals surface area contributed by atoms with E-state index in [1.165, 1.54) is 0 Å². The van der Waals surface area contributed by atoms with Crippen molar-refractivity contribution in [2.75, 3.05) is 0 Å². The molecule has 5 nitrogen and oxygen atoms in total. The van der Waals surface area contributed by atoms with Crippen LogP contribution < -0.4 is 5.32 Å². The Morgan fingerprint density at radius 1 is 1.33 bits per heavy atom. The Bertz CT molecular complexity index is 415.